The molecule has 0 aliphatic carbocycles. The van der Waals surface area contributed by atoms with Gasteiger partial charge in [0.25, 0.3) is 0 Å². The number of nitrogen functional groups attached to an aromatic ring is 1. The second-order valence-electron chi connectivity index (χ2n) is 3.22. The maximum absolute atomic E-state index is 9.56. The molecule has 16 heavy (non-hydrogen) atoms. The van der Waals surface area contributed by atoms with E-state index in [1.807, 2.05) is 0 Å². The highest BCUT2D eigenvalue weighted by atomic mass is 35.5. The van der Waals surface area contributed by atoms with E-state index in [1.165, 1.54) is 24.3 Å². The average molecular weight is 259 g/mol. The molecule has 0 aliphatic heterocycles. The Bertz CT molecular complexity index is 509. The van der Waals surface area contributed by atoms with E-state index in [2.05, 4.69) is 0 Å². The van der Waals surface area contributed by atoms with Crippen LogP contribution >= 0.6 is 23.2 Å². The van der Waals surface area contributed by atoms with Gasteiger partial charge in [0.2, 0.25) is 0 Å². The average Bonchev–Trinajstić information content (AvgIpc) is 2.47. The van der Waals surface area contributed by atoms with Gasteiger partial charge in [0, 0.05) is 17.8 Å². The second kappa shape index (κ2) is 3.81. The predicted octanol–water partition coefficient (Wildman–Crippen LogP) is 2.78. The molecule has 0 spiro atoms. The number of aromatic nitrogens is 1. The molecule has 84 valence electrons. The topological polar surface area (TPSA) is 71.4 Å². The minimum atomic E-state index is -0.161. The molecule has 0 saturated carbocycles. The van der Waals surface area contributed by atoms with Crippen LogP contribution in [0.3, 0.4) is 0 Å². The number of nitrogens with two attached hydrogens (primary N) is 1. The molecule has 0 bridgehead atoms. The van der Waals surface area contributed by atoms with Crippen LogP contribution in [-0.2, 0) is 0 Å². The van der Waals surface area contributed by atoms with Gasteiger partial charge >= 0.3 is 0 Å². The molecule has 2 aromatic rings. The third-order valence-electron chi connectivity index (χ3n) is 2.10. The predicted molar refractivity (Wildman–Crippen MR) is 63.5 cm³/mol. The van der Waals surface area contributed by atoms with Crippen molar-refractivity contribution in [2.75, 3.05) is 5.73 Å². The highest BCUT2D eigenvalue weighted by Gasteiger charge is 2.15. The first-order valence-electron chi connectivity index (χ1n) is 4.35. The highest BCUT2D eigenvalue weighted by molar-refractivity contribution is 6.38. The van der Waals surface area contributed by atoms with E-state index in [1.54, 1.807) is 0 Å². The van der Waals surface area contributed by atoms with Crippen LogP contribution in [0.2, 0.25) is 10.0 Å². The van der Waals surface area contributed by atoms with Crippen LogP contribution in [0.4, 0.5) is 5.69 Å². The number of nitrogens with zero attached hydrogens (tertiary/aromatic N) is 1. The first-order valence-corrected chi connectivity index (χ1v) is 5.11. The lowest BCUT2D eigenvalue weighted by molar-refractivity contribution is 0.402. The van der Waals surface area contributed by atoms with E-state index in [0.29, 0.717) is 5.69 Å². The van der Waals surface area contributed by atoms with Crippen molar-refractivity contribution in [3.05, 3.63) is 34.3 Å². The van der Waals surface area contributed by atoms with Gasteiger partial charge in [0.1, 0.15) is 0 Å². The van der Waals surface area contributed by atoms with Crippen molar-refractivity contribution in [2.45, 2.75) is 0 Å². The fraction of sp³-hybridized carbons (Fsp3) is 0. The Kier molecular flexibility index (Phi) is 2.61. The van der Waals surface area contributed by atoms with E-state index in [9.17, 15) is 10.2 Å². The number of halogens is 2. The molecule has 0 saturated heterocycles. The van der Waals surface area contributed by atoms with Crippen molar-refractivity contribution in [3.63, 3.8) is 0 Å². The molecular weight excluding hydrogens is 251 g/mol. The summed E-state index contributed by atoms with van der Waals surface area (Å²) < 4.78 is 1.13. The minimum absolute atomic E-state index is 0.161. The quantitative estimate of drug-likeness (QED) is 0.689. The molecule has 1 aromatic heterocycles. The number of hydrogen-bond donors (Lipinski definition) is 3. The molecule has 6 heteroatoms. The molecule has 4 nitrogen and oxygen atoms in total. The van der Waals surface area contributed by atoms with Crippen LogP contribution in [0, 0.1) is 0 Å². The fourth-order valence-corrected chi connectivity index (χ4v) is 2.12. The molecule has 2 rings (SSSR count). The lowest BCUT2D eigenvalue weighted by atomic mass is 10.3. The molecule has 0 fully saturated rings. The summed E-state index contributed by atoms with van der Waals surface area (Å²) in [6.07, 6.45) is 0. The van der Waals surface area contributed by atoms with Crippen LogP contribution in [0.1, 0.15) is 0 Å². The lowest BCUT2D eigenvalue weighted by Crippen LogP contribution is -1.96. The minimum Gasteiger partial charge on any atom is -0.494 e. The molecule has 0 radical (unpaired) electrons. The number of benzene rings is 1. The molecule has 1 heterocycles. The molecule has 0 atom stereocenters. The molecular formula is C10H8Cl2N2O2. The van der Waals surface area contributed by atoms with E-state index >= 15 is 0 Å². The summed E-state index contributed by atoms with van der Waals surface area (Å²) in [5.41, 5.74) is 6.25. The Morgan fingerprint density at radius 2 is 1.44 bits per heavy atom. The third kappa shape index (κ3) is 1.66. The van der Waals surface area contributed by atoms with Crippen LogP contribution in [0.25, 0.3) is 5.69 Å². The normalized spacial score (nSPS) is 10.6. The molecule has 4 N–H and O–H groups in total. The Hall–Kier alpha value is -1.52. The van der Waals surface area contributed by atoms with Gasteiger partial charge in [-0.05, 0) is 12.1 Å². The van der Waals surface area contributed by atoms with E-state index < -0.39 is 0 Å². The molecule has 0 aliphatic rings. The van der Waals surface area contributed by atoms with Crippen LogP contribution in [0.5, 0.6) is 11.8 Å². The van der Waals surface area contributed by atoms with Gasteiger partial charge in [-0.25, -0.2) is 4.57 Å². The number of aromatic hydroxyl groups is 2. The van der Waals surface area contributed by atoms with Gasteiger partial charge in [0.15, 0.2) is 11.8 Å². The summed E-state index contributed by atoms with van der Waals surface area (Å²) in [5.74, 6) is -0.322. The Morgan fingerprint density at radius 3 is 1.88 bits per heavy atom. The Balaban J connectivity index is 2.74. The van der Waals surface area contributed by atoms with Crippen molar-refractivity contribution in [1.29, 1.82) is 0 Å². The van der Waals surface area contributed by atoms with Crippen molar-refractivity contribution in [2.24, 2.45) is 0 Å². The van der Waals surface area contributed by atoms with Crippen LogP contribution in [-0.4, -0.2) is 14.8 Å². The summed E-state index contributed by atoms with van der Waals surface area (Å²) in [6.45, 7) is 0. The summed E-state index contributed by atoms with van der Waals surface area (Å²) in [6, 6.07) is 5.64. The largest absolute Gasteiger partial charge is 0.494 e. The number of rotatable bonds is 1. The van der Waals surface area contributed by atoms with E-state index in [4.69, 9.17) is 28.9 Å². The van der Waals surface area contributed by atoms with Crippen LogP contribution in [0.15, 0.2) is 24.3 Å². The number of anilines is 1. The van der Waals surface area contributed by atoms with E-state index in [0.717, 1.165) is 4.57 Å². The summed E-state index contributed by atoms with van der Waals surface area (Å²) in [4.78, 5) is 0. The number of hydrogen-bond acceptors (Lipinski definition) is 3. The SMILES string of the molecule is Nc1cc(Cl)c(-n2c(O)ccc2O)c(Cl)c1. The first-order chi connectivity index (χ1) is 7.50. The zero-order valence-electron chi connectivity index (χ0n) is 7.98. The smallest absolute Gasteiger partial charge is 0.198 e. The van der Waals surface area contributed by atoms with E-state index in [-0.39, 0.29) is 27.5 Å². The zero-order chi connectivity index (χ0) is 11.9. The van der Waals surface area contributed by atoms with Gasteiger partial charge < -0.3 is 15.9 Å². The fourth-order valence-electron chi connectivity index (χ4n) is 1.44. The molecule has 1 aromatic carbocycles. The van der Waals surface area contributed by atoms with Gasteiger partial charge in [-0.15, -0.1) is 0 Å². The van der Waals surface area contributed by atoms with Crippen molar-refractivity contribution in [3.8, 4) is 17.4 Å². The maximum atomic E-state index is 9.56. The summed E-state index contributed by atoms with van der Waals surface area (Å²) in [7, 11) is 0. The monoisotopic (exact) mass is 258 g/mol. The van der Waals surface area contributed by atoms with Crippen LogP contribution < -0.4 is 5.73 Å². The first kappa shape index (κ1) is 11.0. The zero-order valence-corrected chi connectivity index (χ0v) is 9.50. The summed E-state index contributed by atoms with van der Waals surface area (Å²) in [5, 5.41) is 19.6. The summed E-state index contributed by atoms with van der Waals surface area (Å²) >= 11 is 11.9. The maximum Gasteiger partial charge on any atom is 0.198 e. The molecule has 0 amide bonds. The van der Waals surface area contributed by atoms with Gasteiger partial charge in [0.05, 0.1) is 15.7 Å². The van der Waals surface area contributed by atoms with Crippen molar-refractivity contribution < 1.29 is 10.2 Å². The van der Waals surface area contributed by atoms with Crippen molar-refractivity contribution >= 4 is 28.9 Å². The van der Waals surface area contributed by atoms with Gasteiger partial charge in [-0.3, -0.25) is 0 Å². The lowest BCUT2D eigenvalue weighted by Gasteiger charge is -2.11. The standard InChI is InChI=1S/C10H8Cl2N2O2/c11-6-3-5(13)4-7(12)10(6)14-8(15)1-2-9(14)16/h1-4,15-16H,13H2. The Labute approximate surface area is 101 Å². The van der Waals surface area contributed by atoms with Gasteiger partial charge in [-0.2, -0.15) is 0 Å². The van der Waals surface area contributed by atoms with Gasteiger partial charge in [-0.1, -0.05) is 23.2 Å². The Morgan fingerprint density at radius 1 is 1.00 bits per heavy atom. The van der Waals surface area contributed by atoms with Crippen molar-refractivity contribution in [1.82, 2.24) is 4.57 Å². The third-order valence-corrected chi connectivity index (χ3v) is 2.68. The highest BCUT2D eigenvalue weighted by Crippen LogP contribution is 2.37. The molecule has 0 unspecified atom stereocenters. The second-order valence-corrected chi connectivity index (χ2v) is 4.03.